The number of rotatable bonds is 2. The zero-order chi connectivity index (χ0) is 10.1. The van der Waals surface area contributed by atoms with Crippen LogP contribution in [-0.4, -0.2) is 12.8 Å². The van der Waals surface area contributed by atoms with E-state index in [9.17, 15) is 17.7 Å². The Bertz CT molecular complexity index is 338. The maximum Gasteiger partial charge on any atom is 1.00 e. The van der Waals surface area contributed by atoms with Gasteiger partial charge in [0.05, 0.1) is 0 Å². The molecule has 0 aliphatic rings. The summed E-state index contributed by atoms with van der Waals surface area (Å²) in [5.74, 6) is -0.560. The van der Waals surface area contributed by atoms with Crippen molar-refractivity contribution in [1.29, 1.82) is 0 Å². The summed E-state index contributed by atoms with van der Waals surface area (Å²) in [7, 11) is 0. The Morgan fingerprint density at radius 3 is 2.07 bits per heavy atom. The van der Waals surface area contributed by atoms with Crippen molar-refractivity contribution in [3.63, 3.8) is 0 Å². The molecular formula is C8H7BF3KO. The summed E-state index contributed by atoms with van der Waals surface area (Å²) in [6.07, 6.45) is 0. The molecule has 0 bridgehead atoms. The third kappa shape index (κ3) is 3.51. The minimum atomic E-state index is -5.09. The maximum absolute atomic E-state index is 12.3. The Hall–Kier alpha value is 0.381. The van der Waals surface area contributed by atoms with Crippen LogP contribution in [0.5, 0.6) is 0 Å². The zero-order valence-corrected chi connectivity index (χ0v) is 11.1. The predicted octanol–water partition coefficient (Wildman–Crippen LogP) is -1.05. The molecule has 0 amide bonds. The third-order valence-electron chi connectivity index (χ3n) is 1.69. The molecule has 0 radical (unpaired) electrons. The van der Waals surface area contributed by atoms with Gasteiger partial charge < -0.3 is 12.9 Å². The summed E-state index contributed by atoms with van der Waals surface area (Å²) in [4.78, 5) is 10.8. The van der Waals surface area contributed by atoms with Crippen LogP contribution in [0.25, 0.3) is 0 Å². The van der Waals surface area contributed by atoms with E-state index < -0.39 is 18.2 Å². The van der Waals surface area contributed by atoms with Crippen molar-refractivity contribution in [2.24, 2.45) is 0 Å². The standard InChI is InChI=1S/C8H7BF3O.K/c1-6(13)7-4-2-3-5-8(7)9(10,11)12;/h2-5H,1H3;/q-1;+1. The van der Waals surface area contributed by atoms with E-state index >= 15 is 0 Å². The number of carbonyl (C=O) groups excluding carboxylic acids is 1. The van der Waals surface area contributed by atoms with E-state index in [-0.39, 0.29) is 56.9 Å². The number of ketones is 1. The molecule has 0 fully saturated rings. The van der Waals surface area contributed by atoms with Gasteiger partial charge in [0.2, 0.25) is 0 Å². The molecule has 1 aromatic carbocycles. The van der Waals surface area contributed by atoms with Crippen LogP contribution in [0.2, 0.25) is 0 Å². The van der Waals surface area contributed by atoms with Crippen LogP contribution in [0.1, 0.15) is 17.3 Å². The third-order valence-corrected chi connectivity index (χ3v) is 1.69. The average Bonchev–Trinajstić information content (AvgIpc) is 2.03. The van der Waals surface area contributed by atoms with Crippen molar-refractivity contribution in [2.75, 3.05) is 0 Å². The number of hydrogen-bond donors (Lipinski definition) is 0. The first-order valence-electron chi connectivity index (χ1n) is 3.72. The first kappa shape index (κ1) is 14.4. The summed E-state index contributed by atoms with van der Waals surface area (Å²) in [5, 5.41) is 0. The van der Waals surface area contributed by atoms with Gasteiger partial charge in [-0.25, -0.2) is 0 Å². The summed E-state index contributed by atoms with van der Waals surface area (Å²) in [5.41, 5.74) is -1.06. The number of halogens is 3. The van der Waals surface area contributed by atoms with Crippen LogP contribution < -0.4 is 56.8 Å². The molecule has 0 spiro atoms. The van der Waals surface area contributed by atoms with Crippen LogP contribution in [0, 0.1) is 0 Å². The van der Waals surface area contributed by atoms with Gasteiger partial charge in [-0.3, -0.25) is 4.79 Å². The van der Waals surface area contributed by atoms with Gasteiger partial charge in [-0.1, -0.05) is 29.7 Å². The SMILES string of the molecule is CC(=O)c1ccccc1[B-](F)(F)F.[K+]. The average molecular weight is 226 g/mol. The van der Waals surface area contributed by atoms with Gasteiger partial charge in [-0.05, 0) is 12.5 Å². The van der Waals surface area contributed by atoms with Crippen molar-refractivity contribution < 1.29 is 69.1 Å². The first-order valence-corrected chi connectivity index (χ1v) is 3.72. The minimum Gasteiger partial charge on any atom is -0.445 e. The van der Waals surface area contributed by atoms with Gasteiger partial charge >= 0.3 is 58.4 Å². The molecule has 0 aliphatic heterocycles. The fourth-order valence-corrected chi connectivity index (χ4v) is 1.10. The van der Waals surface area contributed by atoms with Crippen molar-refractivity contribution in [2.45, 2.75) is 6.92 Å². The largest absolute Gasteiger partial charge is 1.00 e. The monoisotopic (exact) mass is 226 g/mol. The number of hydrogen-bond acceptors (Lipinski definition) is 1. The molecule has 1 aromatic rings. The number of carbonyl (C=O) groups is 1. The van der Waals surface area contributed by atoms with E-state index in [2.05, 4.69) is 0 Å². The van der Waals surface area contributed by atoms with E-state index in [4.69, 9.17) is 0 Å². The van der Waals surface area contributed by atoms with Crippen LogP contribution in [-0.2, 0) is 0 Å². The van der Waals surface area contributed by atoms with Crippen LogP contribution >= 0.6 is 0 Å². The van der Waals surface area contributed by atoms with Gasteiger partial charge in [0, 0.05) is 0 Å². The fourth-order valence-electron chi connectivity index (χ4n) is 1.10. The molecule has 0 heterocycles. The summed E-state index contributed by atoms with van der Waals surface area (Å²) >= 11 is 0. The van der Waals surface area contributed by atoms with E-state index in [0.29, 0.717) is 0 Å². The minimum absolute atomic E-state index is 0. The normalized spacial score (nSPS) is 10.6. The molecule has 6 heteroatoms. The van der Waals surface area contributed by atoms with Crippen LogP contribution in [0.4, 0.5) is 12.9 Å². The van der Waals surface area contributed by atoms with E-state index in [1.165, 1.54) is 18.2 Å². The predicted molar refractivity (Wildman–Crippen MR) is 45.2 cm³/mol. The Labute approximate surface area is 123 Å². The van der Waals surface area contributed by atoms with Crippen molar-refractivity contribution in [1.82, 2.24) is 0 Å². The Morgan fingerprint density at radius 2 is 1.71 bits per heavy atom. The molecule has 0 saturated carbocycles. The van der Waals surface area contributed by atoms with Crippen molar-refractivity contribution >= 4 is 18.2 Å². The molecule has 0 N–H and O–H groups in total. The second-order valence-corrected chi connectivity index (χ2v) is 2.72. The maximum atomic E-state index is 12.3. The van der Waals surface area contributed by atoms with E-state index in [0.717, 1.165) is 13.0 Å². The Kier molecular flexibility index (Phi) is 5.61. The zero-order valence-electron chi connectivity index (χ0n) is 7.93. The molecule has 0 unspecified atom stereocenters. The van der Waals surface area contributed by atoms with Gasteiger partial charge in [0.25, 0.3) is 0 Å². The molecule has 0 saturated heterocycles. The summed E-state index contributed by atoms with van der Waals surface area (Å²) < 4.78 is 37.0. The summed E-state index contributed by atoms with van der Waals surface area (Å²) in [6, 6.07) is 4.81. The van der Waals surface area contributed by atoms with Crippen LogP contribution in [0.15, 0.2) is 24.3 Å². The fraction of sp³-hybridized carbons (Fsp3) is 0.125. The number of Topliss-reactive ketones (excluding diaryl/α,β-unsaturated/α-hetero) is 1. The van der Waals surface area contributed by atoms with Crippen molar-refractivity contribution in [3.05, 3.63) is 29.8 Å². The molecule has 1 rings (SSSR count). The Morgan fingerprint density at radius 1 is 1.21 bits per heavy atom. The van der Waals surface area contributed by atoms with E-state index in [1.54, 1.807) is 0 Å². The molecule has 0 aliphatic carbocycles. The smallest absolute Gasteiger partial charge is 0.445 e. The van der Waals surface area contributed by atoms with E-state index in [1.807, 2.05) is 0 Å². The van der Waals surface area contributed by atoms with Gasteiger partial charge in [0.1, 0.15) is 0 Å². The molecule has 0 atom stereocenters. The quantitative estimate of drug-likeness (QED) is 0.464. The Balaban J connectivity index is 0.00000169. The first-order chi connectivity index (χ1) is 5.93. The molecule has 0 aromatic heterocycles. The van der Waals surface area contributed by atoms with Crippen molar-refractivity contribution in [3.8, 4) is 0 Å². The second kappa shape index (κ2) is 5.46. The van der Waals surface area contributed by atoms with Gasteiger partial charge in [-0.15, -0.1) is 0 Å². The molecule has 14 heavy (non-hydrogen) atoms. The van der Waals surface area contributed by atoms with Gasteiger partial charge in [-0.2, -0.15) is 0 Å². The number of benzene rings is 1. The molecule has 70 valence electrons. The van der Waals surface area contributed by atoms with Crippen LogP contribution in [0.3, 0.4) is 0 Å². The summed E-state index contributed by atoms with van der Waals surface area (Å²) in [6.45, 7) is -3.96. The second-order valence-electron chi connectivity index (χ2n) is 2.72. The molecule has 1 nitrogen and oxygen atoms in total. The molecular weight excluding hydrogens is 219 g/mol. The van der Waals surface area contributed by atoms with Gasteiger partial charge in [0.15, 0.2) is 5.78 Å². The topological polar surface area (TPSA) is 17.1 Å².